The largest absolute Gasteiger partial charge is 0.347 e. The van der Waals surface area contributed by atoms with Gasteiger partial charge in [-0.05, 0) is 25.1 Å². The Labute approximate surface area is 111 Å². The van der Waals surface area contributed by atoms with E-state index in [-0.39, 0.29) is 0 Å². The van der Waals surface area contributed by atoms with Crippen molar-refractivity contribution in [2.24, 2.45) is 7.05 Å². The summed E-state index contributed by atoms with van der Waals surface area (Å²) in [6, 6.07) is 5.93. The van der Waals surface area contributed by atoms with Gasteiger partial charge in [-0.25, -0.2) is 9.78 Å². The number of fused-ring (bicyclic) bond motifs is 1. The van der Waals surface area contributed by atoms with Gasteiger partial charge >= 0.3 is 0 Å². The molecule has 0 bridgehead atoms. The fourth-order valence-corrected chi connectivity index (χ4v) is 2.23. The molecule has 4 heteroatoms. The standard InChI is InChI=1S/C14H16ClNO2/c1-10-12(5-4-8-18-17-3)13-9-11(15)6-7-14(13)16(10)2/h4-7,9H,8H2,1-3H3/b5-4-. The number of aromatic nitrogens is 1. The van der Waals surface area contributed by atoms with Crippen molar-refractivity contribution in [3.05, 3.63) is 40.6 Å². The van der Waals surface area contributed by atoms with Crippen LogP contribution in [0.1, 0.15) is 11.3 Å². The van der Waals surface area contributed by atoms with E-state index in [0.29, 0.717) is 6.61 Å². The van der Waals surface area contributed by atoms with Gasteiger partial charge in [0.15, 0.2) is 0 Å². The van der Waals surface area contributed by atoms with Crippen LogP contribution in [-0.2, 0) is 16.8 Å². The van der Waals surface area contributed by atoms with E-state index in [9.17, 15) is 0 Å². The molecule has 96 valence electrons. The maximum Gasteiger partial charge on any atom is 0.101 e. The first-order valence-electron chi connectivity index (χ1n) is 5.72. The highest BCUT2D eigenvalue weighted by molar-refractivity contribution is 6.31. The van der Waals surface area contributed by atoms with Gasteiger partial charge in [0.05, 0.1) is 7.11 Å². The summed E-state index contributed by atoms with van der Waals surface area (Å²) in [5, 5.41) is 1.90. The van der Waals surface area contributed by atoms with Crippen LogP contribution in [0.2, 0.25) is 5.02 Å². The highest BCUT2D eigenvalue weighted by Crippen LogP contribution is 2.28. The van der Waals surface area contributed by atoms with Gasteiger partial charge in [-0.15, -0.1) is 0 Å². The average molecular weight is 266 g/mol. The Bertz CT molecular complexity index is 587. The van der Waals surface area contributed by atoms with Crippen molar-refractivity contribution in [1.82, 2.24) is 4.57 Å². The van der Waals surface area contributed by atoms with Crippen molar-refractivity contribution in [1.29, 1.82) is 0 Å². The van der Waals surface area contributed by atoms with Crippen molar-refractivity contribution in [3.8, 4) is 0 Å². The maximum atomic E-state index is 6.06. The second-order valence-corrected chi connectivity index (χ2v) is 4.51. The van der Waals surface area contributed by atoms with Crippen LogP contribution < -0.4 is 0 Å². The SMILES string of the molecule is COOC/C=C\c1c(C)n(C)c2ccc(Cl)cc12. The van der Waals surface area contributed by atoms with Gasteiger partial charge in [0, 0.05) is 34.2 Å². The molecule has 1 aromatic heterocycles. The third-order valence-electron chi connectivity index (χ3n) is 3.07. The van der Waals surface area contributed by atoms with E-state index in [2.05, 4.69) is 23.4 Å². The number of hydrogen-bond acceptors (Lipinski definition) is 2. The Morgan fingerprint density at radius 1 is 1.39 bits per heavy atom. The summed E-state index contributed by atoms with van der Waals surface area (Å²) in [4.78, 5) is 9.36. The Morgan fingerprint density at radius 3 is 2.89 bits per heavy atom. The van der Waals surface area contributed by atoms with E-state index in [1.807, 2.05) is 30.4 Å². The predicted octanol–water partition coefficient (Wildman–Crippen LogP) is 3.73. The zero-order chi connectivity index (χ0) is 13.1. The molecule has 2 rings (SSSR count). The molecule has 0 spiro atoms. The van der Waals surface area contributed by atoms with Crippen LogP contribution >= 0.6 is 11.6 Å². The van der Waals surface area contributed by atoms with Crippen LogP contribution in [0.4, 0.5) is 0 Å². The number of halogens is 1. The first kappa shape index (κ1) is 13.1. The molecule has 1 heterocycles. The predicted molar refractivity (Wildman–Crippen MR) is 74.7 cm³/mol. The number of hydrogen-bond donors (Lipinski definition) is 0. The molecule has 0 amide bonds. The Morgan fingerprint density at radius 2 is 2.17 bits per heavy atom. The molecule has 2 aromatic rings. The van der Waals surface area contributed by atoms with Gasteiger partial charge in [0.25, 0.3) is 0 Å². The molecule has 0 aliphatic carbocycles. The maximum absolute atomic E-state index is 6.06. The molecule has 1 aromatic carbocycles. The molecule has 0 saturated carbocycles. The number of benzene rings is 1. The molecule has 18 heavy (non-hydrogen) atoms. The second-order valence-electron chi connectivity index (χ2n) is 4.07. The monoisotopic (exact) mass is 265 g/mol. The van der Waals surface area contributed by atoms with Crippen LogP contribution in [0, 0.1) is 6.92 Å². The third-order valence-corrected chi connectivity index (χ3v) is 3.30. The van der Waals surface area contributed by atoms with Crippen molar-refractivity contribution in [3.63, 3.8) is 0 Å². The van der Waals surface area contributed by atoms with Crippen molar-refractivity contribution in [2.45, 2.75) is 6.92 Å². The van der Waals surface area contributed by atoms with Crippen LogP contribution in [0.5, 0.6) is 0 Å². The minimum atomic E-state index is 0.424. The third kappa shape index (κ3) is 2.43. The topological polar surface area (TPSA) is 23.4 Å². The van der Waals surface area contributed by atoms with Gasteiger partial charge in [-0.3, -0.25) is 0 Å². The van der Waals surface area contributed by atoms with E-state index in [4.69, 9.17) is 16.5 Å². The molecule has 0 atom stereocenters. The smallest absolute Gasteiger partial charge is 0.101 e. The quantitative estimate of drug-likeness (QED) is 0.478. The van der Waals surface area contributed by atoms with E-state index in [1.165, 1.54) is 18.3 Å². The van der Waals surface area contributed by atoms with Crippen molar-refractivity contribution in [2.75, 3.05) is 13.7 Å². The zero-order valence-electron chi connectivity index (χ0n) is 10.7. The van der Waals surface area contributed by atoms with E-state index < -0.39 is 0 Å². The normalized spacial score (nSPS) is 11.8. The van der Waals surface area contributed by atoms with E-state index in [0.717, 1.165) is 16.0 Å². The van der Waals surface area contributed by atoms with Crippen molar-refractivity contribution >= 4 is 28.6 Å². The lowest BCUT2D eigenvalue weighted by molar-refractivity contribution is -0.263. The lowest BCUT2D eigenvalue weighted by atomic mass is 10.1. The van der Waals surface area contributed by atoms with Crippen LogP contribution in [0.25, 0.3) is 17.0 Å². The number of rotatable bonds is 4. The molecule has 0 aliphatic heterocycles. The van der Waals surface area contributed by atoms with Gasteiger partial charge in [0.2, 0.25) is 0 Å². The second kappa shape index (κ2) is 5.57. The van der Waals surface area contributed by atoms with Gasteiger partial charge in [-0.1, -0.05) is 23.8 Å². The van der Waals surface area contributed by atoms with E-state index >= 15 is 0 Å². The van der Waals surface area contributed by atoms with Gasteiger partial charge in [-0.2, -0.15) is 0 Å². The molecule has 0 aliphatic rings. The highest BCUT2D eigenvalue weighted by atomic mass is 35.5. The van der Waals surface area contributed by atoms with Crippen LogP contribution in [0.3, 0.4) is 0 Å². The van der Waals surface area contributed by atoms with Gasteiger partial charge in [0.1, 0.15) is 6.61 Å². The molecular formula is C14H16ClNO2. The molecule has 3 nitrogen and oxygen atoms in total. The Kier molecular flexibility index (Phi) is 4.07. The minimum Gasteiger partial charge on any atom is -0.347 e. The van der Waals surface area contributed by atoms with Crippen LogP contribution in [-0.4, -0.2) is 18.3 Å². The average Bonchev–Trinajstić information content (AvgIpc) is 2.59. The van der Waals surface area contributed by atoms with Crippen molar-refractivity contribution < 1.29 is 9.78 Å². The minimum absolute atomic E-state index is 0.424. The fourth-order valence-electron chi connectivity index (χ4n) is 2.06. The summed E-state index contributed by atoms with van der Waals surface area (Å²) in [7, 11) is 3.55. The summed E-state index contributed by atoms with van der Waals surface area (Å²) in [6.07, 6.45) is 3.96. The summed E-state index contributed by atoms with van der Waals surface area (Å²) in [5.74, 6) is 0. The molecule has 0 unspecified atom stereocenters. The number of aryl methyl sites for hydroxylation is 1. The summed E-state index contributed by atoms with van der Waals surface area (Å²) >= 11 is 6.06. The lowest BCUT2D eigenvalue weighted by Gasteiger charge is -1.97. The van der Waals surface area contributed by atoms with Gasteiger partial charge < -0.3 is 4.57 Å². The lowest BCUT2D eigenvalue weighted by Crippen LogP contribution is -1.90. The van der Waals surface area contributed by atoms with E-state index in [1.54, 1.807) is 0 Å². The Hall–Kier alpha value is -1.29. The first-order chi connectivity index (χ1) is 8.65. The number of nitrogens with zero attached hydrogens (tertiary/aromatic N) is 1. The molecule has 0 radical (unpaired) electrons. The molecule has 0 fully saturated rings. The summed E-state index contributed by atoms with van der Waals surface area (Å²) in [6.45, 7) is 2.51. The Balaban J connectivity index is 2.45. The fraction of sp³-hybridized carbons (Fsp3) is 0.286. The highest BCUT2D eigenvalue weighted by Gasteiger charge is 2.09. The summed E-state index contributed by atoms with van der Waals surface area (Å²) in [5.41, 5.74) is 3.53. The molecule has 0 saturated heterocycles. The first-order valence-corrected chi connectivity index (χ1v) is 6.09. The molecule has 0 N–H and O–H groups in total. The zero-order valence-corrected chi connectivity index (χ0v) is 11.5. The molecular weight excluding hydrogens is 250 g/mol. The summed E-state index contributed by atoms with van der Waals surface area (Å²) < 4.78 is 2.16. The van der Waals surface area contributed by atoms with Crippen LogP contribution in [0.15, 0.2) is 24.3 Å².